The molecule has 1 saturated heterocycles. The van der Waals surface area contributed by atoms with Crippen LogP contribution in [0.25, 0.3) is 16.5 Å². The highest BCUT2D eigenvalue weighted by Crippen LogP contribution is 2.45. The zero-order valence-electron chi connectivity index (χ0n) is 26.7. The Morgan fingerprint density at radius 3 is 2.73 bits per heavy atom. The Bertz CT molecular complexity index is 2030. The van der Waals surface area contributed by atoms with Gasteiger partial charge < -0.3 is 14.6 Å². The molecule has 0 spiro atoms. The number of aliphatic hydroxyl groups excluding tert-OH is 1. The van der Waals surface area contributed by atoms with Gasteiger partial charge in [-0.2, -0.15) is 0 Å². The monoisotopic (exact) mass is 677 g/mol. The Morgan fingerprint density at radius 2 is 1.85 bits per heavy atom. The van der Waals surface area contributed by atoms with Crippen LogP contribution < -0.4 is 14.4 Å². The molecule has 0 saturated carbocycles. The summed E-state index contributed by atoms with van der Waals surface area (Å²) in [6.45, 7) is 4.68. The number of unbranched alkanes of at least 4 members (excludes halogenated alkanes) is 2. The van der Waals surface area contributed by atoms with Crippen LogP contribution in [0, 0.1) is 0 Å². The number of rotatable bonds is 11. The van der Waals surface area contributed by atoms with E-state index in [-0.39, 0.29) is 22.6 Å². The van der Waals surface area contributed by atoms with E-state index in [1.54, 1.807) is 12.1 Å². The first kappa shape index (κ1) is 31.9. The van der Waals surface area contributed by atoms with Crippen molar-refractivity contribution in [2.45, 2.75) is 61.8 Å². The molecule has 0 radical (unpaired) electrons. The Morgan fingerprint density at radius 1 is 1.02 bits per heavy atom. The van der Waals surface area contributed by atoms with E-state index in [1.165, 1.54) is 44.3 Å². The van der Waals surface area contributed by atoms with Crippen LogP contribution in [0.4, 0.5) is 5.13 Å². The van der Waals surface area contributed by atoms with E-state index in [2.05, 4.69) is 41.4 Å². The third-order valence-corrected chi connectivity index (χ3v) is 10.7. The smallest absolute Gasteiger partial charge is 0.301 e. The van der Waals surface area contributed by atoms with Crippen LogP contribution in [0.5, 0.6) is 11.5 Å². The molecule has 4 aromatic carbocycles. The lowest BCUT2D eigenvalue weighted by Crippen LogP contribution is -2.29. The number of anilines is 1. The maximum atomic E-state index is 13.8. The number of hydrogen-bond acceptors (Lipinski definition) is 9. The Balaban J connectivity index is 1.24. The Hall–Kier alpha value is -4.67. The topological polar surface area (TPSA) is 102 Å². The largest absolute Gasteiger partial charge is 0.507 e. The lowest BCUT2D eigenvalue weighted by Gasteiger charge is -2.23. The predicted molar refractivity (Wildman–Crippen MR) is 190 cm³/mol. The third kappa shape index (κ3) is 6.30. The summed E-state index contributed by atoms with van der Waals surface area (Å²) < 4.78 is 12.6. The first-order valence-corrected chi connectivity index (χ1v) is 18.0. The summed E-state index contributed by atoms with van der Waals surface area (Å²) in [4.78, 5) is 29.0. The van der Waals surface area contributed by atoms with Crippen molar-refractivity contribution in [3.05, 3.63) is 113 Å². The number of ketones is 1. The fraction of sp³-hybridized carbons (Fsp3) is 0.263. The van der Waals surface area contributed by atoms with Gasteiger partial charge in [0, 0.05) is 17.7 Å². The average molecular weight is 678 g/mol. The van der Waals surface area contributed by atoms with Crippen molar-refractivity contribution in [3.63, 3.8) is 0 Å². The first-order valence-electron chi connectivity index (χ1n) is 16.2. The second-order valence-corrected chi connectivity index (χ2v) is 14.2. The molecule has 8 nitrogen and oxygen atoms in total. The Labute approximate surface area is 287 Å². The van der Waals surface area contributed by atoms with E-state index < -0.39 is 17.7 Å². The zero-order valence-corrected chi connectivity index (χ0v) is 28.4. The van der Waals surface area contributed by atoms with Gasteiger partial charge >= 0.3 is 5.91 Å². The number of carbonyl (C=O) groups excluding carboxylic acids is 2. The van der Waals surface area contributed by atoms with Gasteiger partial charge in [-0.3, -0.25) is 14.5 Å². The standard InChI is InChI=1S/C38H35N3O5S2/c1-3-4-7-18-45-29-14-9-12-25(21-29)33-32(34(42)26-16-17-31-28(20-26)19-23(2)46-31)35(43)36(44)41(33)37-39-40-38(48-37)47-22-27-13-8-11-24-10-5-6-15-30(24)27/h5-6,8-17,20-21,23,33,42H,3-4,7,18-19,22H2,1-2H3/t23-,33-/m1/s1. The molecule has 7 rings (SSSR count). The van der Waals surface area contributed by atoms with Crippen molar-refractivity contribution >= 4 is 56.5 Å². The van der Waals surface area contributed by atoms with Crippen molar-refractivity contribution < 1.29 is 24.2 Å². The van der Waals surface area contributed by atoms with E-state index in [4.69, 9.17) is 9.47 Å². The van der Waals surface area contributed by atoms with Crippen LogP contribution in [0.15, 0.2) is 94.8 Å². The normalized spacial score (nSPS) is 18.3. The molecule has 244 valence electrons. The maximum absolute atomic E-state index is 13.8. The first-order chi connectivity index (χ1) is 23.4. The number of aliphatic hydroxyl groups is 1. The van der Waals surface area contributed by atoms with Crippen LogP contribution >= 0.6 is 23.1 Å². The average Bonchev–Trinajstić information content (AvgIpc) is 3.80. The minimum atomic E-state index is -0.934. The Kier molecular flexibility index (Phi) is 9.19. The number of Topliss-reactive ketones (excluding diaryl/α,β-unsaturated/α-hetero) is 1. The summed E-state index contributed by atoms with van der Waals surface area (Å²) in [5, 5.41) is 23.2. The van der Waals surface area contributed by atoms with Crippen LogP contribution in [0.1, 0.15) is 61.4 Å². The fourth-order valence-electron chi connectivity index (χ4n) is 6.30. The number of thioether (sulfide) groups is 1. The molecule has 3 heterocycles. The summed E-state index contributed by atoms with van der Waals surface area (Å²) in [5.41, 5.74) is 3.18. The van der Waals surface area contributed by atoms with Gasteiger partial charge in [-0.05, 0) is 71.1 Å². The van der Waals surface area contributed by atoms with Crippen molar-refractivity contribution in [3.8, 4) is 11.5 Å². The van der Waals surface area contributed by atoms with Crippen LogP contribution in [0.3, 0.4) is 0 Å². The van der Waals surface area contributed by atoms with Gasteiger partial charge in [-0.25, -0.2) is 0 Å². The van der Waals surface area contributed by atoms with Gasteiger partial charge in [0.15, 0.2) is 4.34 Å². The van der Waals surface area contributed by atoms with E-state index >= 15 is 0 Å². The molecule has 5 aromatic rings. The maximum Gasteiger partial charge on any atom is 0.301 e. The van der Waals surface area contributed by atoms with Gasteiger partial charge in [-0.1, -0.05) is 97.5 Å². The van der Waals surface area contributed by atoms with E-state index in [0.29, 0.717) is 40.0 Å². The minimum absolute atomic E-state index is 0.00444. The van der Waals surface area contributed by atoms with Gasteiger partial charge in [0.25, 0.3) is 5.78 Å². The van der Waals surface area contributed by atoms with E-state index in [9.17, 15) is 14.7 Å². The highest BCUT2D eigenvalue weighted by atomic mass is 32.2. The van der Waals surface area contributed by atoms with E-state index in [0.717, 1.165) is 30.6 Å². The second-order valence-electron chi connectivity index (χ2n) is 12.0. The van der Waals surface area contributed by atoms with Crippen molar-refractivity contribution in [2.24, 2.45) is 0 Å². The molecular weight excluding hydrogens is 643 g/mol. The highest BCUT2D eigenvalue weighted by molar-refractivity contribution is 8.00. The van der Waals surface area contributed by atoms with Crippen LogP contribution in [0.2, 0.25) is 0 Å². The molecule has 0 aliphatic carbocycles. The minimum Gasteiger partial charge on any atom is -0.507 e. The van der Waals surface area contributed by atoms with Gasteiger partial charge in [0.1, 0.15) is 23.4 Å². The number of hydrogen-bond donors (Lipinski definition) is 1. The van der Waals surface area contributed by atoms with Crippen molar-refractivity contribution in [1.29, 1.82) is 0 Å². The molecular formula is C38H35N3O5S2. The fourth-order valence-corrected chi connectivity index (χ4v) is 8.17. The number of ether oxygens (including phenoxy) is 2. The molecule has 1 aromatic heterocycles. The molecule has 0 unspecified atom stereocenters. The SMILES string of the molecule is CCCCCOc1cccc([C@@H]2C(=C(O)c3ccc4c(c3)C[C@@H](C)O4)C(=O)C(=O)N2c2nnc(SCc3cccc4ccccc34)s2)c1. The molecule has 2 aliphatic rings. The highest BCUT2D eigenvalue weighted by Gasteiger charge is 2.48. The zero-order chi connectivity index (χ0) is 33.2. The molecule has 1 N–H and O–H groups in total. The van der Waals surface area contributed by atoms with Gasteiger partial charge in [0.05, 0.1) is 18.2 Å². The number of amides is 1. The molecule has 1 amide bonds. The van der Waals surface area contributed by atoms with Gasteiger partial charge in [0.2, 0.25) is 5.13 Å². The molecule has 10 heteroatoms. The quantitative estimate of drug-likeness (QED) is 0.0371. The number of benzene rings is 4. The summed E-state index contributed by atoms with van der Waals surface area (Å²) in [6, 6.07) is 26.2. The summed E-state index contributed by atoms with van der Waals surface area (Å²) in [7, 11) is 0. The van der Waals surface area contributed by atoms with E-state index in [1.807, 2.05) is 55.5 Å². The summed E-state index contributed by atoms with van der Waals surface area (Å²) >= 11 is 2.78. The van der Waals surface area contributed by atoms with Crippen LogP contribution in [-0.4, -0.2) is 39.7 Å². The van der Waals surface area contributed by atoms with Gasteiger partial charge in [-0.15, -0.1) is 10.2 Å². The second kappa shape index (κ2) is 13.8. The van der Waals surface area contributed by atoms with Crippen molar-refractivity contribution in [1.82, 2.24) is 10.2 Å². The van der Waals surface area contributed by atoms with Crippen LogP contribution in [-0.2, 0) is 21.8 Å². The summed E-state index contributed by atoms with van der Waals surface area (Å²) in [6.07, 6.45) is 3.77. The molecule has 1 fully saturated rings. The molecule has 2 aliphatic heterocycles. The molecule has 2 atom stereocenters. The predicted octanol–water partition coefficient (Wildman–Crippen LogP) is 8.50. The number of fused-ring (bicyclic) bond motifs is 2. The number of carbonyl (C=O) groups is 2. The number of nitrogens with zero attached hydrogens (tertiary/aromatic N) is 3. The number of aromatic nitrogens is 2. The third-order valence-electron chi connectivity index (χ3n) is 8.64. The lowest BCUT2D eigenvalue weighted by atomic mass is 9.94. The molecule has 48 heavy (non-hydrogen) atoms. The van der Waals surface area contributed by atoms with Crippen molar-refractivity contribution in [2.75, 3.05) is 11.5 Å². The molecule has 0 bridgehead atoms. The lowest BCUT2D eigenvalue weighted by molar-refractivity contribution is -0.132. The summed E-state index contributed by atoms with van der Waals surface area (Å²) in [5.74, 6) is 0.254.